The van der Waals surface area contributed by atoms with Crippen molar-refractivity contribution in [2.75, 3.05) is 13.2 Å². The van der Waals surface area contributed by atoms with E-state index in [-0.39, 0.29) is 11.9 Å². The number of nitrogens with zero attached hydrogens (tertiary/aromatic N) is 2. The molecule has 2 aromatic carbocycles. The van der Waals surface area contributed by atoms with Gasteiger partial charge in [0.25, 0.3) is 0 Å². The van der Waals surface area contributed by atoms with E-state index >= 15 is 0 Å². The second kappa shape index (κ2) is 8.72. The van der Waals surface area contributed by atoms with Crippen molar-refractivity contribution in [2.45, 2.75) is 51.0 Å². The number of ketones is 1. The number of hydrogen-bond acceptors (Lipinski definition) is 5. The molecule has 0 radical (unpaired) electrons. The fraction of sp³-hybridized carbons (Fsp3) is 0.323. The van der Waals surface area contributed by atoms with Gasteiger partial charge >= 0.3 is 0 Å². The monoisotopic (exact) mass is 476 g/mol. The van der Waals surface area contributed by atoms with E-state index < -0.39 is 5.41 Å². The lowest BCUT2D eigenvalue weighted by Gasteiger charge is -2.24. The average Bonchev–Trinajstić information content (AvgIpc) is 3.43. The zero-order chi connectivity index (χ0) is 24.9. The third kappa shape index (κ3) is 3.83. The lowest BCUT2D eigenvalue weighted by Crippen LogP contribution is -2.26. The molecule has 0 amide bonds. The van der Waals surface area contributed by atoms with Crippen LogP contribution in [0.1, 0.15) is 60.2 Å². The van der Waals surface area contributed by atoms with E-state index in [1.807, 2.05) is 32.0 Å². The highest BCUT2D eigenvalue weighted by Crippen LogP contribution is 2.40. The van der Waals surface area contributed by atoms with Crippen LogP contribution in [0.25, 0.3) is 22.9 Å². The number of Topliss-reactive ketones (excluding diaryl/α,β-unsaturated/α-hetero) is 1. The minimum atomic E-state index is -0.408. The van der Waals surface area contributed by atoms with Gasteiger partial charge in [0.1, 0.15) is 24.0 Å². The van der Waals surface area contributed by atoms with Crippen LogP contribution < -0.4 is 4.74 Å². The number of allylic oxidation sites excluding steroid dienone is 1. The SMILES string of the molecule is C#Cc1cc(-c2ncnc3c2C=C(c2ccc4c(c2)CC(=O)C4(C)C)C3)ccc1OC1CCOCC1. The number of rotatable bonds is 4. The molecular formula is C31H28N2O3. The van der Waals surface area contributed by atoms with Crippen LogP contribution in [0.5, 0.6) is 5.75 Å². The molecule has 6 rings (SSSR count). The molecule has 0 N–H and O–H groups in total. The summed E-state index contributed by atoms with van der Waals surface area (Å²) in [5.41, 5.74) is 8.72. The smallest absolute Gasteiger partial charge is 0.147 e. The summed E-state index contributed by atoms with van der Waals surface area (Å²) in [7, 11) is 0. The van der Waals surface area contributed by atoms with Crippen LogP contribution in [-0.2, 0) is 27.8 Å². The Morgan fingerprint density at radius 3 is 2.67 bits per heavy atom. The van der Waals surface area contributed by atoms with Crippen LogP contribution in [0, 0.1) is 12.3 Å². The number of carbonyl (C=O) groups excluding carboxylic acids is 1. The number of terminal acetylenes is 1. The van der Waals surface area contributed by atoms with E-state index in [0.717, 1.165) is 69.8 Å². The molecule has 1 fully saturated rings. The van der Waals surface area contributed by atoms with Gasteiger partial charge in [0.2, 0.25) is 0 Å². The first-order valence-electron chi connectivity index (χ1n) is 12.5. The highest BCUT2D eigenvalue weighted by Gasteiger charge is 2.38. The zero-order valence-electron chi connectivity index (χ0n) is 20.6. The predicted octanol–water partition coefficient (Wildman–Crippen LogP) is 5.18. The Kier molecular flexibility index (Phi) is 5.50. The highest BCUT2D eigenvalue weighted by molar-refractivity contribution is 5.97. The van der Waals surface area contributed by atoms with Gasteiger partial charge in [-0.15, -0.1) is 6.42 Å². The molecule has 0 saturated carbocycles. The largest absolute Gasteiger partial charge is 0.489 e. The topological polar surface area (TPSA) is 61.3 Å². The van der Waals surface area contributed by atoms with Crippen molar-refractivity contribution in [1.82, 2.24) is 9.97 Å². The molecule has 0 unspecified atom stereocenters. The molecule has 180 valence electrons. The Balaban J connectivity index is 1.32. The molecule has 0 bridgehead atoms. The van der Waals surface area contributed by atoms with Gasteiger partial charge in [-0.2, -0.15) is 0 Å². The maximum Gasteiger partial charge on any atom is 0.147 e. The summed E-state index contributed by atoms with van der Waals surface area (Å²) in [4.78, 5) is 21.7. The van der Waals surface area contributed by atoms with Crippen molar-refractivity contribution >= 4 is 17.4 Å². The summed E-state index contributed by atoms with van der Waals surface area (Å²) in [6.07, 6.45) is 12.8. The van der Waals surface area contributed by atoms with E-state index in [1.54, 1.807) is 6.33 Å². The Hall–Kier alpha value is -3.75. The van der Waals surface area contributed by atoms with Crippen molar-refractivity contribution < 1.29 is 14.3 Å². The van der Waals surface area contributed by atoms with Crippen LogP contribution in [0.2, 0.25) is 0 Å². The lowest BCUT2D eigenvalue weighted by molar-refractivity contribution is -0.121. The van der Waals surface area contributed by atoms with E-state index in [4.69, 9.17) is 15.9 Å². The Morgan fingerprint density at radius 1 is 1.06 bits per heavy atom. The molecular weight excluding hydrogens is 448 g/mol. The molecule has 1 saturated heterocycles. The number of benzene rings is 2. The van der Waals surface area contributed by atoms with Crippen molar-refractivity contribution in [2.24, 2.45) is 0 Å². The fourth-order valence-corrected chi connectivity index (χ4v) is 5.51. The van der Waals surface area contributed by atoms with Crippen LogP contribution in [0.3, 0.4) is 0 Å². The molecule has 2 heterocycles. The first-order valence-corrected chi connectivity index (χ1v) is 12.5. The van der Waals surface area contributed by atoms with Gasteiger partial charge in [0.15, 0.2) is 0 Å². The number of aromatic nitrogens is 2. The van der Waals surface area contributed by atoms with Gasteiger partial charge in [0.05, 0.1) is 30.2 Å². The molecule has 0 spiro atoms. The quantitative estimate of drug-likeness (QED) is 0.486. The maximum absolute atomic E-state index is 12.5. The Bertz CT molecular complexity index is 1460. The first-order chi connectivity index (χ1) is 17.4. The molecule has 5 nitrogen and oxygen atoms in total. The summed E-state index contributed by atoms with van der Waals surface area (Å²) >= 11 is 0. The molecule has 0 atom stereocenters. The average molecular weight is 477 g/mol. The first kappa shape index (κ1) is 22.7. The summed E-state index contributed by atoms with van der Waals surface area (Å²) in [5, 5.41) is 0. The molecule has 5 heteroatoms. The Morgan fingerprint density at radius 2 is 1.86 bits per heavy atom. The third-order valence-corrected chi connectivity index (χ3v) is 7.71. The van der Waals surface area contributed by atoms with Crippen molar-refractivity contribution in [3.8, 4) is 29.4 Å². The van der Waals surface area contributed by atoms with E-state index in [9.17, 15) is 4.79 Å². The predicted molar refractivity (Wildman–Crippen MR) is 140 cm³/mol. The highest BCUT2D eigenvalue weighted by atomic mass is 16.5. The van der Waals surface area contributed by atoms with Gasteiger partial charge < -0.3 is 9.47 Å². The van der Waals surface area contributed by atoms with Gasteiger partial charge in [-0.3, -0.25) is 4.79 Å². The summed E-state index contributed by atoms with van der Waals surface area (Å²) < 4.78 is 11.6. The lowest BCUT2D eigenvalue weighted by atomic mass is 9.85. The second-order valence-corrected chi connectivity index (χ2v) is 10.3. The van der Waals surface area contributed by atoms with Crippen molar-refractivity contribution in [3.05, 3.63) is 76.2 Å². The van der Waals surface area contributed by atoms with Crippen LogP contribution in [-0.4, -0.2) is 35.1 Å². The summed E-state index contributed by atoms with van der Waals surface area (Å²) in [6, 6.07) is 12.4. The molecule has 2 aliphatic carbocycles. The third-order valence-electron chi connectivity index (χ3n) is 7.71. The van der Waals surface area contributed by atoms with E-state index in [0.29, 0.717) is 19.6 Å². The van der Waals surface area contributed by atoms with Crippen LogP contribution >= 0.6 is 0 Å². The van der Waals surface area contributed by atoms with Crippen LogP contribution in [0.15, 0.2) is 42.7 Å². The fourth-order valence-electron chi connectivity index (χ4n) is 5.51. The second-order valence-electron chi connectivity index (χ2n) is 10.3. The van der Waals surface area contributed by atoms with Gasteiger partial charge in [-0.05, 0) is 60.4 Å². The maximum atomic E-state index is 12.5. The number of ether oxygens (including phenoxy) is 2. The van der Waals surface area contributed by atoms with Crippen molar-refractivity contribution in [3.63, 3.8) is 0 Å². The number of hydrogen-bond donors (Lipinski definition) is 0. The minimum absolute atomic E-state index is 0.124. The normalized spacial score (nSPS) is 18.4. The van der Waals surface area contributed by atoms with E-state index in [2.05, 4.69) is 40.2 Å². The van der Waals surface area contributed by atoms with Gasteiger partial charge in [-0.25, -0.2) is 9.97 Å². The molecule has 3 aliphatic rings. The molecule has 3 aromatic rings. The Labute approximate surface area is 211 Å². The standard InChI is InChI=1S/C31H28N2O3/c1-4-19-13-21(6-8-28(19)36-24-9-11-35-12-10-24)30-25-15-22(16-27(25)32-18-33-30)20-5-7-26-23(14-20)17-29(34)31(26,2)3/h1,5-8,13-15,18,24H,9-12,16-17H2,2-3H3. The van der Waals surface area contributed by atoms with Gasteiger partial charge in [-0.1, -0.05) is 24.1 Å². The molecule has 1 aromatic heterocycles. The van der Waals surface area contributed by atoms with Crippen molar-refractivity contribution in [1.29, 1.82) is 0 Å². The van der Waals surface area contributed by atoms with E-state index in [1.165, 1.54) is 5.57 Å². The zero-order valence-corrected chi connectivity index (χ0v) is 20.6. The molecule has 1 aliphatic heterocycles. The number of fused-ring (bicyclic) bond motifs is 2. The molecule has 36 heavy (non-hydrogen) atoms. The van der Waals surface area contributed by atoms with Gasteiger partial charge in [0, 0.05) is 42.2 Å². The van der Waals surface area contributed by atoms with Crippen LogP contribution in [0.4, 0.5) is 0 Å². The minimum Gasteiger partial charge on any atom is -0.489 e. The summed E-state index contributed by atoms with van der Waals surface area (Å²) in [5.74, 6) is 3.79. The number of carbonyl (C=O) groups is 1. The summed E-state index contributed by atoms with van der Waals surface area (Å²) in [6.45, 7) is 5.46.